The molecule has 0 atom stereocenters. The fourth-order valence-electron chi connectivity index (χ4n) is 1.51. The van der Waals surface area contributed by atoms with E-state index in [1.807, 2.05) is 6.92 Å². The number of carboxylic acid groups (broad SMARTS) is 1. The zero-order chi connectivity index (χ0) is 13.6. The van der Waals surface area contributed by atoms with Crippen molar-refractivity contribution in [2.45, 2.75) is 30.2 Å². The topological polar surface area (TPSA) is 83.5 Å². The average molecular weight is 334 g/mol. The van der Waals surface area contributed by atoms with Crippen molar-refractivity contribution in [3.05, 3.63) is 28.2 Å². The van der Waals surface area contributed by atoms with Crippen molar-refractivity contribution < 1.29 is 18.3 Å². The van der Waals surface area contributed by atoms with Gasteiger partial charge in [0.1, 0.15) is 0 Å². The first-order valence-electron chi connectivity index (χ1n) is 5.30. The van der Waals surface area contributed by atoms with E-state index in [0.29, 0.717) is 4.47 Å². The number of halogens is 1. The lowest BCUT2D eigenvalue weighted by atomic mass is 10.2. The third-order valence-electron chi connectivity index (χ3n) is 2.86. The van der Waals surface area contributed by atoms with Crippen LogP contribution in [0.4, 0.5) is 0 Å². The highest BCUT2D eigenvalue weighted by atomic mass is 79.9. The summed E-state index contributed by atoms with van der Waals surface area (Å²) in [5, 5.41) is 8.96. The first-order valence-corrected chi connectivity index (χ1v) is 7.58. The predicted molar refractivity (Wildman–Crippen MR) is 69.1 cm³/mol. The molecule has 1 saturated carbocycles. The molecule has 1 fully saturated rings. The van der Waals surface area contributed by atoms with Crippen LogP contribution in [0.2, 0.25) is 0 Å². The molecule has 0 aliphatic heterocycles. The third-order valence-corrected chi connectivity index (χ3v) is 5.19. The van der Waals surface area contributed by atoms with Gasteiger partial charge < -0.3 is 5.11 Å². The second-order valence-electron chi connectivity index (χ2n) is 4.61. The lowest BCUT2D eigenvalue weighted by Gasteiger charge is -2.12. The molecule has 0 bridgehead atoms. The van der Waals surface area contributed by atoms with Gasteiger partial charge in [0.2, 0.25) is 10.0 Å². The summed E-state index contributed by atoms with van der Waals surface area (Å²) in [7, 11) is -3.66. The van der Waals surface area contributed by atoms with Crippen LogP contribution >= 0.6 is 15.9 Å². The van der Waals surface area contributed by atoms with Crippen LogP contribution in [0.15, 0.2) is 27.6 Å². The molecule has 5 nitrogen and oxygen atoms in total. The lowest BCUT2D eigenvalue weighted by Crippen LogP contribution is -2.34. The van der Waals surface area contributed by atoms with Gasteiger partial charge in [0.05, 0.1) is 10.5 Å². The van der Waals surface area contributed by atoms with Crippen LogP contribution in [0.5, 0.6) is 0 Å². The maximum absolute atomic E-state index is 12.1. The molecule has 0 radical (unpaired) electrons. The van der Waals surface area contributed by atoms with Crippen LogP contribution in [0.1, 0.15) is 30.1 Å². The van der Waals surface area contributed by atoms with Crippen LogP contribution in [0, 0.1) is 0 Å². The number of nitrogens with one attached hydrogen (secondary N) is 1. The highest BCUT2D eigenvalue weighted by molar-refractivity contribution is 9.10. The Morgan fingerprint density at radius 3 is 2.56 bits per heavy atom. The van der Waals surface area contributed by atoms with Crippen molar-refractivity contribution in [2.24, 2.45) is 0 Å². The van der Waals surface area contributed by atoms with Crippen molar-refractivity contribution in [1.82, 2.24) is 4.72 Å². The quantitative estimate of drug-likeness (QED) is 0.882. The van der Waals surface area contributed by atoms with Crippen LogP contribution in [0.25, 0.3) is 0 Å². The van der Waals surface area contributed by atoms with E-state index >= 15 is 0 Å². The molecule has 0 spiro atoms. The Bertz CT molecular complexity index is 607. The van der Waals surface area contributed by atoms with E-state index < -0.39 is 16.0 Å². The zero-order valence-corrected chi connectivity index (χ0v) is 12.0. The Labute approximate surface area is 113 Å². The van der Waals surface area contributed by atoms with E-state index in [9.17, 15) is 13.2 Å². The Morgan fingerprint density at radius 2 is 2.06 bits per heavy atom. The first-order chi connectivity index (χ1) is 8.23. The van der Waals surface area contributed by atoms with Crippen molar-refractivity contribution in [1.29, 1.82) is 0 Å². The average Bonchev–Trinajstić information content (AvgIpc) is 2.94. The number of carbonyl (C=O) groups is 1. The molecule has 7 heteroatoms. The maximum Gasteiger partial charge on any atom is 0.336 e. The van der Waals surface area contributed by atoms with Gasteiger partial charge in [-0.2, -0.15) is 0 Å². The molecule has 1 aliphatic rings. The van der Waals surface area contributed by atoms with Crippen molar-refractivity contribution in [3.63, 3.8) is 0 Å². The molecular formula is C11H12BrNO4S. The predicted octanol–water partition coefficient (Wildman–Crippen LogP) is 1.98. The summed E-state index contributed by atoms with van der Waals surface area (Å²) in [6.45, 7) is 1.82. The maximum atomic E-state index is 12.1. The molecule has 18 heavy (non-hydrogen) atoms. The lowest BCUT2D eigenvalue weighted by molar-refractivity contribution is 0.0695. The molecule has 1 aromatic carbocycles. The molecule has 0 saturated heterocycles. The van der Waals surface area contributed by atoms with Crippen LogP contribution in [-0.2, 0) is 10.0 Å². The molecule has 2 N–H and O–H groups in total. The SMILES string of the molecule is CC1(NS(=O)(=O)c2ccc(Br)c(C(=O)O)c2)CC1. The normalized spacial score (nSPS) is 17.4. The van der Waals surface area contributed by atoms with E-state index in [4.69, 9.17) is 5.11 Å². The number of rotatable bonds is 4. The van der Waals surface area contributed by atoms with Crippen LogP contribution in [-0.4, -0.2) is 25.0 Å². The highest BCUT2D eigenvalue weighted by Crippen LogP contribution is 2.36. The van der Waals surface area contributed by atoms with Crippen molar-refractivity contribution in [3.8, 4) is 0 Å². The van der Waals surface area contributed by atoms with Gasteiger partial charge in [0.15, 0.2) is 0 Å². The summed E-state index contributed by atoms with van der Waals surface area (Å²) in [6.07, 6.45) is 1.60. The molecule has 0 aromatic heterocycles. The van der Waals surface area contributed by atoms with E-state index in [0.717, 1.165) is 18.9 Å². The van der Waals surface area contributed by atoms with Gasteiger partial charge in [0.25, 0.3) is 0 Å². The van der Waals surface area contributed by atoms with Crippen LogP contribution in [0.3, 0.4) is 0 Å². The van der Waals surface area contributed by atoms with Gasteiger partial charge in [0, 0.05) is 10.0 Å². The minimum atomic E-state index is -3.66. The largest absolute Gasteiger partial charge is 0.478 e. The highest BCUT2D eigenvalue weighted by Gasteiger charge is 2.41. The summed E-state index contributed by atoms with van der Waals surface area (Å²) in [4.78, 5) is 10.9. The molecule has 2 rings (SSSR count). The van der Waals surface area contributed by atoms with E-state index in [1.54, 1.807) is 0 Å². The first kappa shape index (κ1) is 13.5. The van der Waals surface area contributed by atoms with Crippen molar-refractivity contribution >= 4 is 31.9 Å². The second kappa shape index (κ2) is 4.32. The monoisotopic (exact) mass is 333 g/mol. The number of sulfonamides is 1. The number of carboxylic acids is 1. The Balaban J connectivity index is 2.39. The summed E-state index contributed by atoms with van der Waals surface area (Å²) in [6, 6.07) is 3.96. The number of hydrogen-bond donors (Lipinski definition) is 2. The molecule has 1 aliphatic carbocycles. The second-order valence-corrected chi connectivity index (χ2v) is 7.15. The number of benzene rings is 1. The fourth-order valence-corrected chi connectivity index (χ4v) is 3.42. The molecule has 0 amide bonds. The number of hydrogen-bond acceptors (Lipinski definition) is 3. The van der Waals surface area contributed by atoms with E-state index in [-0.39, 0.29) is 16.0 Å². The number of aromatic carboxylic acids is 1. The minimum Gasteiger partial charge on any atom is -0.478 e. The van der Waals surface area contributed by atoms with E-state index in [2.05, 4.69) is 20.7 Å². The molecule has 0 unspecified atom stereocenters. The summed E-state index contributed by atoms with van der Waals surface area (Å²) >= 11 is 3.08. The molecular weight excluding hydrogens is 322 g/mol. The zero-order valence-electron chi connectivity index (χ0n) is 9.60. The summed E-state index contributed by atoms with van der Waals surface area (Å²) in [5.74, 6) is -1.17. The molecule has 0 heterocycles. The Hall–Kier alpha value is -0.920. The van der Waals surface area contributed by atoms with Gasteiger partial charge >= 0.3 is 5.97 Å². The van der Waals surface area contributed by atoms with Crippen LogP contribution < -0.4 is 4.72 Å². The Kier molecular flexibility index (Phi) is 3.25. The van der Waals surface area contributed by atoms with Gasteiger partial charge in [-0.3, -0.25) is 0 Å². The fraction of sp³-hybridized carbons (Fsp3) is 0.364. The summed E-state index contributed by atoms with van der Waals surface area (Å²) < 4.78 is 27.0. The Morgan fingerprint density at radius 1 is 1.44 bits per heavy atom. The van der Waals surface area contributed by atoms with E-state index in [1.165, 1.54) is 12.1 Å². The third kappa shape index (κ3) is 2.73. The smallest absolute Gasteiger partial charge is 0.336 e. The summed E-state index contributed by atoms with van der Waals surface area (Å²) in [5.41, 5.74) is -0.450. The molecule has 98 valence electrons. The van der Waals surface area contributed by atoms with Gasteiger partial charge in [-0.25, -0.2) is 17.9 Å². The minimum absolute atomic E-state index is 0.0313. The van der Waals surface area contributed by atoms with Gasteiger partial charge in [-0.05, 0) is 53.9 Å². The van der Waals surface area contributed by atoms with Crippen molar-refractivity contribution in [2.75, 3.05) is 0 Å². The van der Waals surface area contributed by atoms with Gasteiger partial charge in [-0.15, -0.1) is 0 Å². The van der Waals surface area contributed by atoms with Gasteiger partial charge in [-0.1, -0.05) is 0 Å². The standard InChI is InChI=1S/C11H12BrNO4S/c1-11(4-5-11)13-18(16,17)7-2-3-9(12)8(6-7)10(14)15/h2-3,6,13H,4-5H2,1H3,(H,14,15). The molecule has 1 aromatic rings.